The average Bonchev–Trinajstić information content (AvgIpc) is 2.85. The van der Waals surface area contributed by atoms with Crippen molar-refractivity contribution in [3.8, 4) is 11.5 Å². The summed E-state index contributed by atoms with van der Waals surface area (Å²) in [4.78, 5) is 0.352. The zero-order valence-corrected chi connectivity index (χ0v) is 11.1. The number of ether oxygens (including phenoxy) is 2. The second kappa shape index (κ2) is 5.54. The molecule has 1 atom stereocenters. The summed E-state index contributed by atoms with van der Waals surface area (Å²) in [5, 5.41) is 11.8. The van der Waals surface area contributed by atoms with Crippen LogP contribution in [0.1, 0.15) is 16.5 Å². The number of hydrogen-bond acceptors (Lipinski definition) is 4. The summed E-state index contributed by atoms with van der Waals surface area (Å²) >= 11 is 1.16. The fourth-order valence-corrected chi connectivity index (χ4v) is 2.60. The number of aliphatic hydroxyl groups excluding tert-OH is 1. The molecular weight excluding hydrogens is 274 g/mol. The van der Waals surface area contributed by atoms with Crippen molar-refractivity contribution in [3.63, 3.8) is 0 Å². The highest BCUT2D eigenvalue weighted by atomic mass is 32.1. The maximum absolute atomic E-state index is 13.9. The molecule has 0 aliphatic rings. The summed E-state index contributed by atoms with van der Waals surface area (Å²) in [7, 11) is 2.74. The molecular formula is C13H12F2O3S. The van der Waals surface area contributed by atoms with Gasteiger partial charge in [0.25, 0.3) is 0 Å². The maximum atomic E-state index is 13.9. The average molecular weight is 286 g/mol. The SMILES string of the molecule is COc1cc(F)c(C(O)c2sccc2OC)c(F)c1. The molecule has 3 nitrogen and oxygen atoms in total. The van der Waals surface area contributed by atoms with Crippen molar-refractivity contribution in [2.75, 3.05) is 14.2 Å². The van der Waals surface area contributed by atoms with E-state index in [1.165, 1.54) is 14.2 Å². The van der Waals surface area contributed by atoms with E-state index in [1.54, 1.807) is 11.4 Å². The minimum absolute atomic E-state index is 0.0593. The Kier molecular flexibility index (Phi) is 4.01. The molecule has 0 radical (unpaired) electrons. The summed E-state index contributed by atoms with van der Waals surface area (Å²) in [6.45, 7) is 0. The van der Waals surface area contributed by atoms with E-state index in [1.807, 2.05) is 0 Å². The molecule has 0 aliphatic heterocycles. The van der Waals surface area contributed by atoms with Gasteiger partial charge in [-0.3, -0.25) is 0 Å². The van der Waals surface area contributed by atoms with E-state index in [9.17, 15) is 13.9 Å². The van der Waals surface area contributed by atoms with E-state index in [0.29, 0.717) is 10.6 Å². The van der Waals surface area contributed by atoms with E-state index >= 15 is 0 Å². The van der Waals surface area contributed by atoms with Crippen LogP contribution in [-0.2, 0) is 0 Å². The van der Waals surface area contributed by atoms with Crippen LogP contribution in [-0.4, -0.2) is 19.3 Å². The fraction of sp³-hybridized carbons (Fsp3) is 0.231. The first kappa shape index (κ1) is 13.8. The highest BCUT2D eigenvalue weighted by Crippen LogP contribution is 2.37. The van der Waals surface area contributed by atoms with Gasteiger partial charge in [-0.2, -0.15) is 0 Å². The molecule has 0 saturated heterocycles. The third-order valence-corrected chi connectivity index (χ3v) is 3.64. The zero-order chi connectivity index (χ0) is 14.0. The van der Waals surface area contributed by atoms with Gasteiger partial charge in [-0.05, 0) is 11.4 Å². The lowest BCUT2D eigenvalue weighted by Crippen LogP contribution is -2.06. The van der Waals surface area contributed by atoms with Crippen LogP contribution >= 0.6 is 11.3 Å². The van der Waals surface area contributed by atoms with Crippen LogP contribution in [0.3, 0.4) is 0 Å². The normalized spacial score (nSPS) is 12.3. The number of methoxy groups -OCH3 is 2. The van der Waals surface area contributed by atoms with Gasteiger partial charge in [-0.1, -0.05) is 0 Å². The van der Waals surface area contributed by atoms with E-state index < -0.39 is 23.3 Å². The van der Waals surface area contributed by atoms with Gasteiger partial charge in [0.05, 0.1) is 24.7 Å². The van der Waals surface area contributed by atoms with Gasteiger partial charge >= 0.3 is 0 Å². The van der Waals surface area contributed by atoms with Crippen LogP contribution in [0.5, 0.6) is 11.5 Å². The van der Waals surface area contributed by atoms with Crippen LogP contribution < -0.4 is 9.47 Å². The van der Waals surface area contributed by atoms with E-state index in [2.05, 4.69) is 0 Å². The molecule has 0 amide bonds. The maximum Gasteiger partial charge on any atom is 0.136 e. The Bertz CT molecular complexity index is 560. The van der Waals surface area contributed by atoms with Crippen LogP contribution in [0, 0.1) is 11.6 Å². The first-order valence-electron chi connectivity index (χ1n) is 5.40. The smallest absolute Gasteiger partial charge is 0.136 e. The number of hydrogen-bond donors (Lipinski definition) is 1. The second-order valence-corrected chi connectivity index (χ2v) is 4.71. The largest absolute Gasteiger partial charge is 0.497 e. The van der Waals surface area contributed by atoms with Gasteiger partial charge in [0.1, 0.15) is 29.2 Å². The molecule has 102 valence electrons. The molecule has 6 heteroatoms. The molecule has 0 fully saturated rings. The van der Waals surface area contributed by atoms with E-state index in [4.69, 9.17) is 9.47 Å². The number of halogens is 2. The molecule has 1 unspecified atom stereocenters. The molecule has 1 aromatic heterocycles. The molecule has 19 heavy (non-hydrogen) atoms. The number of benzene rings is 1. The van der Waals surface area contributed by atoms with Gasteiger partial charge < -0.3 is 14.6 Å². The van der Waals surface area contributed by atoms with Crippen LogP contribution in [0.2, 0.25) is 0 Å². The van der Waals surface area contributed by atoms with Crippen molar-refractivity contribution in [1.29, 1.82) is 0 Å². The lowest BCUT2D eigenvalue weighted by molar-refractivity contribution is 0.208. The van der Waals surface area contributed by atoms with E-state index in [-0.39, 0.29) is 5.75 Å². The molecule has 0 aliphatic carbocycles. The summed E-state index contributed by atoms with van der Waals surface area (Å²) in [6, 6.07) is 3.69. The van der Waals surface area contributed by atoms with Crippen molar-refractivity contribution in [2.45, 2.75) is 6.10 Å². The van der Waals surface area contributed by atoms with E-state index in [0.717, 1.165) is 23.5 Å². The van der Waals surface area contributed by atoms with Crippen molar-refractivity contribution < 1.29 is 23.4 Å². The number of rotatable bonds is 4. The van der Waals surface area contributed by atoms with Crippen LogP contribution in [0.25, 0.3) is 0 Å². The lowest BCUT2D eigenvalue weighted by Gasteiger charge is -2.14. The minimum atomic E-state index is -1.42. The Morgan fingerprint density at radius 2 is 1.79 bits per heavy atom. The summed E-state index contributed by atoms with van der Waals surface area (Å²) in [5.74, 6) is -1.27. The first-order valence-corrected chi connectivity index (χ1v) is 6.28. The topological polar surface area (TPSA) is 38.7 Å². The fourth-order valence-electron chi connectivity index (χ4n) is 1.75. The molecule has 0 spiro atoms. The second-order valence-electron chi connectivity index (χ2n) is 3.76. The quantitative estimate of drug-likeness (QED) is 0.938. The van der Waals surface area contributed by atoms with Crippen molar-refractivity contribution in [1.82, 2.24) is 0 Å². The number of aliphatic hydroxyl groups is 1. The molecule has 1 aromatic carbocycles. The van der Waals surface area contributed by atoms with Gasteiger partial charge in [-0.15, -0.1) is 11.3 Å². The Morgan fingerprint density at radius 1 is 1.16 bits per heavy atom. The van der Waals surface area contributed by atoms with Crippen molar-refractivity contribution >= 4 is 11.3 Å². The van der Waals surface area contributed by atoms with Crippen LogP contribution in [0.15, 0.2) is 23.6 Å². The van der Waals surface area contributed by atoms with Gasteiger partial charge in [-0.25, -0.2) is 8.78 Å². The molecule has 2 aromatic rings. The van der Waals surface area contributed by atoms with Gasteiger partial charge in [0.2, 0.25) is 0 Å². The lowest BCUT2D eigenvalue weighted by atomic mass is 10.1. The predicted molar refractivity (Wildman–Crippen MR) is 67.8 cm³/mol. The summed E-state index contributed by atoms with van der Waals surface area (Å²) < 4.78 is 37.5. The van der Waals surface area contributed by atoms with Gasteiger partial charge in [0.15, 0.2) is 0 Å². The number of thiophene rings is 1. The summed E-state index contributed by atoms with van der Waals surface area (Å²) in [6.07, 6.45) is -1.42. The Balaban J connectivity index is 2.47. The molecule has 1 N–H and O–H groups in total. The molecule has 2 rings (SSSR count). The van der Waals surface area contributed by atoms with Crippen LogP contribution in [0.4, 0.5) is 8.78 Å². The zero-order valence-electron chi connectivity index (χ0n) is 10.3. The third kappa shape index (κ3) is 2.54. The highest BCUT2D eigenvalue weighted by Gasteiger charge is 2.24. The molecule has 0 saturated carbocycles. The molecule has 0 bridgehead atoms. The molecule has 1 heterocycles. The Hall–Kier alpha value is -1.66. The Morgan fingerprint density at radius 3 is 2.32 bits per heavy atom. The first-order chi connectivity index (χ1) is 9.08. The van der Waals surface area contributed by atoms with Gasteiger partial charge in [0, 0.05) is 12.1 Å². The standard InChI is InChI=1S/C13H12F2O3S/c1-17-7-5-8(14)11(9(15)6-7)12(16)13-10(18-2)3-4-19-13/h3-6,12,16H,1-2H3. The third-order valence-electron chi connectivity index (χ3n) is 2.69. The predicted octanol–water partition coefficient (Wildman–Crippen LogP) is 3.13. The summed E-state index contributed by atoms with van der Waals surface area (Å²) in [5.41, 5.74) is -0.415. The van der Waals surface area contributed by atoms with Crippen molar-refractivity contribution in [2.24, 2.45) is 0 Å². The highest BCUT2D eigenvalue weighted by molar-refractivity contribution is 7.10. The monoisotopic (exact) mass is 286 g/mol. The Labute approximate surface area is 113 Å². The van der Waals surface area contributed by atoms with Crippen molar-refractivity contribution in [3.05, 3.63) is 45.7 Å². The minimum Gasteiger partial charge on any atom is -0.497 e.